The first-order valence-electron chi connectivity index (χ1n) is 11.4. The fourth-order valence-electron chi connectivity index (χ4n) is 4.49. The van der Waals surface area contributed by atoms with Crippen molar-refractivity contribution in [3.05, 3.63) is 59.9 Å². The number of halogens is 1. The summed E-state index contributed by atoms with van der Waals surface area (Å²) in [5, 5.41) is 11.4. The van der Waals surface area contributed by atoms with Gasteiger partial charge in [0.25, 0.3) is 0 Å². The van der Waals surface area contributed by atoms with E-state index in [1.54, 1.807) is 17.0 Å². The second-order valence-corrected chi connectivity index (χ2v) is 9.22. The van der Waals surface area contributed by atoms with Gasteiger partial charge < -0.3 is 14.7 Å². The molecule has 2 atom stereocenters. The number of anilines is 1. The molecule has 1 aliphatic rings. The fourth-order valence-corrected chi connectivity index (χ4v) is 4.49. The van der Waals surface area contributed by atoms with E-state index in [9.17, 15) is 14.3 Å². The third-order valence-electron chi connectivity index (χ3n) is 6.03. The van der Waals surface area contributed by atoms with Crippen LogP contribution in [0.3, 0.4) is 0 Å². The number of carbonyl (C=O) groups is 1. The molecule has 1 saturated heterocycles. The van der Waals surface area contributed by atoms with Crippen LogP contribution in [0.15, 0.2) is 48.5 Å². The number of amides is 1. The number of likely N-dealkylation sites (N-methyl/N-ethyl adjacent to an activating group) is 1. The van der Waals surface area contributed by atoms with E-state index in [-0.39, 0.29) is 18.3 Å². The highest BCUT2D eigenvalue weighted by Gasteiger charge is 2.44. The van der Waals surface area contributed by atoms with Crippen LogP contribution in [0.25, 0.3) is 0 Å². The van der Waals surface area contributed by atoms with Gasteiger partial charge in [-0.2, -0.15) is 0 Å². The van der Waals surface area contributed by atoms with Gasteiger partial charge >= 0.3 is 0 Å². The zero-order valence-corrected chi connectivity index (χ0v) is 19.6. The Morgan fingerprint density at radius 3 is 2.62 bits per heavy atom. The van der Waals surface area contributed by atoms with Crippen molar-refractivity contribution in [1.29, 1.82) is 0 Å². The molecule has 1 N–H and O–H groups in total. The first-order valence-corrected chi connectivity index (χ1v) is 11.4. The molecule has 1 heterocycles. The number of aryl methyl sites for hydroxylation is 1. The molecule has 1 amide bonds. The van der Waals surface area contributed by atoms with E-state index < -0.39 is 11.7 Å². The van der Waals surface area contributed by atoms with E-state index >= 15 is 0 Å². The highest BCUT2D eigenvalue weighted by molar-refractivity contribution is 5.94. The van der Waals surface area contributed by atoms with Crippen LogP contribution in [0.4, 0.5) is 10.1 Å². The molecule has 0 spiro atoms. The standard InChI is InChI=1S/C26H35FN2O3/c1-5-29(22-8-6-7-20(4)15-22)25(30)18-28-14-13-26(31,16-19(2)3)24(17-28)32-23-11-9-21(27)10-12-23/h6-12,15,19,24,31H,5,13-14,16-18H2,1-4H3/t24-,26+/m0/s1. The van der Waals surface area contributed by atoms with Crippen molar-refractivity contribution < 1.29 is 19.0 Å². The molecule has 0 aliphatic carbocycles. The van der Waals surface area contributed by atoms with Crippen molar-refractivity contribution in [2.45, 2.75) is 52.2 Å². The quantitative estimate of drug-likeness (QED) is 0.658. The zero-order chi connectivity index (χ0) is 23.3. The maximum absolute atomic E-state index is 13.3. The summed E-state index contributed by atoms with van der Waals surface area (Å²) in [6.07, 6.45) is 0.609. The number of carbonyl (C=O) groups excluding carboxylic acids is 1. The van der Waals surface area contributed by atoms with Gasteiger partial charge in [-0.3, -0.25) is 9.69 Å². The van der Waals surface area contributed by atoms with Crippen molar-refractivity contribution in [1.82, 2.24) is 4.90 Å². The highest BCUT2D eigenvalue weighted by Crippen LogP contribution is 2.32. The molecule has 0 radical (unpaired) electrons. The molecule has 3 rings (SSSR count). The molecule has 5 nitrogen and oxygen atoms in total. The molecule has 1 fully saturated rings. The lowest BCUT2D eigenvalue weighted by Gasteiger charge is -2.45. The SMILES string of the molecule is CCN(C(=O)CN1CC[C@@](O)(CC(C)C)[C@@H](Oc2ccc(F)cc2)C1)c1cccc(C)c1. The lowest BCUT2D eigenvalue weighted by atomic mass is 9.81. The van der Waals surface area contributed by atoms with E-state index in [1.807, 2.05) is 43.0 Å². The summed E-state index contributed by atoms with van der Waals surface area (Å²) in [7, 11) is 0. The predicted octanol–water partition coefficient (Wildman–Crippen LogP) is 4.42. The topological polar surface area (TPSA) is 53.0 Å². The number of benzene rings is 2. The normalized spacial score (nSPS) is 21.5. The first-order chi connectivity index (χ1) is 15.2. The molecular formula is C26H35FN2O3. The summed E-state index contributed by atoms with van der Waals surface area (Å²) in [5.41, 5.74) is 1.01. The lowest BCUT2D eigenvalue weighted by Crippen LogP contribution is -2.59. The maximum Gasteiger partial charge on any atom is 0.241 e. The van der Waals surface area contributed by atoms with E-state index in [0.717, 1.165) is 11.3 Å². The van der Waals surface area contributed by atoms with Crippen LogP contribution in [0, 0.1) is 18.7 Å². The van der Waals surface area contributed by atoms with Crippen molar-refractivity contribution in [2.75, 3.05) is 31.1 Å². The average Bonchev–Trinajstić information content (AvgIpc) is 2.72. The lowest BCUT2D eigenvalue weighted by molar-refractivity contribution is -0.130. The number of ether oxygens (including phenoxy) is 1. The van der Waals surface area contributed by atoms with Crippen LogP contribution in [0.5, 0.6) is 5.75 Å². The Balaban J connectivity index is 1.73. The van der Waals surface area contributed by atoms with Gasteiger partial charge in [0.05, 0.1) is 6.54 Å². The zero-order valence-electron chi connectivity index (χ0n) is 19.6. The van der Waals surface area contributed by atoms with Gasteiger partial charge in [0.2, 0.25) is 5.91 Å². The van der Waals surface area contributed by atoms with Crippen LogP contribution in [0.1, 0.15) is 39.2 Å². The summed E-state index contributed by atoms with van der Waals surface area (Å²) in [5.74, 6) is 0.500. The minimum absolute atomic E-state index is 0.0212. The molecule has 0 bridgehead atoms. The molecule has 1 aliphatic heterocycles. The van der Waals surface area contributed by atoms with Gasteiger partial charge in [-0.05, 0) is 74.6 Å². The molecule has 174 valence electrons. The summed E-state index contributed by atoms with van der Waals surface area (Å²) < 4.78 is 19.5. The van der Waals surface area contributed by atoms with E-state index in [1.165, 1.54) is 12.1 Å². The van der Waals surface area contributed by atoms with Crippen molar-refractivity contribution >= 4 is 11.6 Å². The van der Waals surface area contributed by atoms with E-state index in [0.29, 0.717) is 44.1 Å². The van der Waals surface area contributed by atoms with Crippen molar-refractivity contribution in [2.24, 2.45) is 5.92 Å². The Labute approximate surface area is 190 Å². The molecule has 6 heteroatoms. The number of nitrogens with zero attached hydrogens (tertiary/aromatic N) is 2. The minimum Gasteiger partial charge on any atom is -0.486 e. The molecule has 2 aromatic rings. The summed E-state index contributed by atoms with van der Waals surface area (Å²) in [6.45, 7) is 10.0. The van der Waals surface area contributed by atoms with E-state index in [4.69, 9.17) is 4.74 Å². The van der Waals surface area contributed by atoms with Crippen molar-refractivity contribution in [3.8, 4) is 5.75 Å². The van der Waals surface area contributed by atoms with E-state index in [2.05, 4.69) is 13.8 Å². The van der Waals surface area contributed by atoms with Crippen LogP contribution >= 0.6 is 0 Å². The predicted molar refractivity (Wildman–Crippen MR) is 125 cm³/mol. The molecule has 0 aromatic heterocycles. The Kier molecular flexibility index (Phi) is 7.91. The third kappa shape index (κ3) is 6.08. The monoisotopic (exact) mass is 442 g/mol. The number of likely N-dealkylation sites (tertiary alicyclic amines) is 1. The van der Waals surface area contributed by atoms with Gasteiger partial charge in [0.1, 0.15) is 23.3 Å². The van der Waals surface area contributed by atoms with Gasteiger partial charge in [-0.15, -0.1) is 0 Å². The number of hydrogen-bond donors (Lipinski definition) is 1. The van der Waals surface area contributed by atoms with Crippen LogP contribution in [-0.4, -0.2) is 53.8 Å². The molecule has 32 heavy (non-hydrogen) atoms. The van der Waals surface area contributed by atoms with Gasteiger partial charge in [-0.1, -0.05) is 26.0 Å². The molecular weight excluding hydrogens is 407 g/mol. The number of hydrogen-bond acceptors (Lipinski definition) is 4. The fraction of sp³-hybridized carbons (Fsp3) is 0.500. The summed E-state index contributed by atoms with van der Waals surface area (Å²) in [4.78, 5) is 17.0. The Morgan fingerprint density at radius 2 is 2.00 bits per heavy atom. The van der Waals surface area contributed by atoms with Crippen LogP contribution < -0.4 is 9.64 Å². The number of rotatable bonds is 8. The molecule has 0 unspecified atom stereocenters. The molecule has 0 saturated carbocycles. The van der Waals surface area contributed by atoms with Crippen molar-refractivity contribution in [3.63, 3.8) is 0 Å². The number of aliphatic hydroxyl groups is 1. The van der Waals surface area contributed by atoms with Gasteiger partial charge in [-0.25, -0.2) is 4.39 Å². The Morgan fingerprint density at radius 1 is 1.28 bits per heavy atom. The summed E-state index contributed by atoms with van der Waals surface area (Å²) in [6, 6.07) is 13.8. The highest BCUT2D eigenvalue weighted by atomic mass is 19.1. The average molecular weight is 443 g/mol. The largest absolute Gasteiger partial charge is 0.486 e. The van der Waals surface area contributed by atoms with Crippen LogP contribution in [0.2, 0.25) is 0 Å². The van der Waals surface area contributed by atoms with Gasteiger partial charge in [0.15, 0.2) is 0 Å². The second kappa shape index (κ2) is 10.5. The Bertz CT molecular complexity index is 902. The second-order valence-electron chi connectivity index (χ2n) is 9.22. The maximum atomic E-state index is 13.3. The smallest absolute Gasteiger partial charge is 0.241 e. The van der Waals surface area contributed by atoms with Crippen LogP contribution in [-0.2, 0) is 4.79 Å². The molecule has 2 aromatic carbocycles. The summed E-state index contributed by atoms with van der Waals surface area (Å²) >= 11 is 0. The minimum atomic E-state index is -0.997. The first kappa shape index (κ1) is 24.2. The number of piperidine rings is 1. The van der Waals surface area contributed by atoms with Gasteiger partial charge in [0, 0.05) is 25.3 Å². The Hall–Kier alpha value is -2.44. The third-order valence-corrected chi connectivity index (χ3v) is 6.03.